The first kappa shape index (κ1) is 18.9. The van der Waals surface area contributed by atoms with Crippen molar-refractivity contribution in [1.29, 1.82) is 0 Å². The fourth-order valence-electron chi connectivity index (χ4n) is 3.24. The van der Waals surface area contributed by atoms with Gasteiger partial charge >= 0.3 is 0 Å². The molecule has 1 amide bonds. The monoisotopic (exact) mass is 412 g/mol. The number of sulfonamides is 1. The molecule has 0 saturated heterocycles. The summed E-state index contributed by atoms with van der Waals surface area (Å²) >= 11 is 0. The molecule has 0 atom stereocenters. The molecule has 0 spiro atoms. The second-order valence-corrected chi connectivity index (χ2v) is 8.45. The van der Waals surface area contributed by atoms with Crippen LogP contribution in [0, 0.1) is 0 Å². The molecule has 0 radical (unpaired) electrons. The van der Waals surface area contributed by atoms with Gasteiger partial charge in [0.1, 0.15) is 12.4 Å². The third-order valence-corrected chi connectivity index (χ3v) is 5.07. The molecule has 0 aliphatic rings. The summed E-state index contributed by atoms with van der Waals surface area (Å²) in [6.07, 6.45) is 5.32. The van der Waals surface area contributed by atoms with E-state index in [2.05, 4.69) is 20.2 Å². The first-order valence-corrected chi connectivity index (χ1v) is 10.9. The van der Waals surface area contributed by atoms with Crippen LogP contribution in [-0.4, -0.2) is 46.3 Å². The predicted molar refractivity (Wildman–Crippen MR) is 110 cm³/mol. The Morgan fingerprint density at radius 2 is 1.93 bits per heavy atom. The minimum Gasteiger partial charge on any atom is -0.354 e. The third kappa shape index (κ3) is 4.21. The van der Waals surface area contributed by atoms with E-state index in [4.69, 9.17) is 0 Å². The van der Waals surface area contributed by atoms with Gasteiger partial charge in [-0.25, -0.2) is 8.42 Å². The van der Waals surface area contributed by atoms with E-state index in [9.17, 15) is 13.2 Å². The summed E-state index contributed by atoms with van der Waals surface area (Å²) < 4.78 is 29.2. The molecule has 0 aliphatic heterocycles. The van der Waals surface area contributed by atoms with Gasteiger partial charge in [-0.2, -0.15) is 0 Å². The highest BCUT2D eigenvalue weighted by molar-refractivity contribution is 7.92. The first-order valence-electron chi connectivity index (χ1n) is 9.02. The van der Waals surface area contributed by atoms with E-state index in [-0.39, 0.29) is 12.5 Å². The van der Waals surface area contributed by atoms with Crippen LogP contribution < -0.4 is 10.0 Å². The molecule has 0 unspecified atom stereocenters. The summed E-state index contributed by atoms with van der Waals surface area (Å²) in [6.45, 7) is 0.570. The number of nitrogens with zero attached hydrogens (tertiary/aromatic N) is 4. The Morgan fingerprint density at radius 3 is 2.76 bits per heavy atom. The topological polar surface area (TPSA) is 110 Å². The van der Waals surface area contributed by atoms with E-state index in [0.29, 0.717) is 18.7 Å². The molecule has 0 fully saturated rings. The molecule has 4 aromatic rings. The van der Waals surface area contributed by atoms with E-state index in [0.717, 1.165) is 28.6 Å². The van der Waals surface area contributed by atoms with Crippen molar-refractivity contribution in [2.45, 2.75) is 13.0 Å². The summed E-state index contributed by atoms with van der Waals surface area (Å²) in [5, 5.41) is 11.9. The number of hydrogen-bond donors (Lipinski definition) is 2. The highest BCUT2D eigenvalue weighted by Crippen LogP contribution is 2.25. The smallest absolute Gasteiger partial charge is 0.239 e. The number of carbonyl (C=O) groups excluding carboxylic acids is 1. The quantitative estimate of drug-likeness (QED) is 0.477. The molecule has 3 heterocycles. The van der Waals surface area contributed by atoms with Crippen molar-refractivity contribution in [2.75, 3.05) is 17.5 Å². The summed E-state index contributed by atoms with van der Waals surface area (Å²) in [7, 11) is -3.38. The average Bonchev–Trinajstić information content (AvgIpc) is 3.26. The van der Waals surface area contributed by atoms with Crippen molar-refractivity contribution in [3.05, 3.63) is 60.7 Å². The Morgan fingerprint density at radius 1 is 1.07 bits per heavy atom. The van der Waals surface area contributed by atoms with Gasteiger partial charge in [0.25, 0.3) is 0 Å². The lowest BCUT2D eigenvalue weighted by Gasteiger charge is -2.09. The normalized spacial score (nSPS) is 11.8. The van der Waals surface area contributed by atoms with Crippen LogP contribution in [0.15, 0.2) is 54.9 Å². The lowest BCUT2D eigenvalue weighted by molar-refractivity contribution is -0.121. The molecule has 4 rings (SSSR count). The molecule has 10 heteroatoms. The van der Waals surface area contributed by atoms with Gasteiger partial charge in [0, 0.05) is 30.7 Å². The Bertz CT molecular complexity index is 1290. The van der Waals surface area contributed by atoms with Crippen LogP contribution in [0.3, 0.4) is 0 Å². The van der Waals surface area contributed by atoms with Crippen LogP contribution in [-0.2, 0) is 27.8 Å². The van der Waals surface area contributed by atoms with E-state index < -0.39 is 10.0 Å². The molecular weight excluding hydrogens is 392 g/mol. The molecule has 2 N–H and O–H groups in total. The van der Waals surface area contributed by atoms with Crippen LogP contribution >= 0.6 is 0 Å². The minimum absolute atomic E-state index is 0.131. The number of hydrogen-bond acceptors (Lipinski definition) is 5. The maximum absolute atomic E-state index is 12.4. The lowest BCUT2D eigenvalue weighted by atomic mass is 10.2. The summed E-state index contributed by atoms with van der Waals surface area (Å²) in [5.41, 5.74) is 2.03. The second kappa shape index (κ2) is 7.55. The number of fused-ring (bicyclic) bond motifs is 2. The second-order valence-electron chi connectivity index (χ2n) is 6.70. The zero-order chi connectivity index (χ0) is 20.4. The van der Waals surface area contributed by atoms with Crippen molar-refractivity contribution < 1.29 is 13.2 Å². The summed E-state index contributed by atoms with van der Waals surface area (Å²) in [6, 6.07) is 12.8. The molecule has 29 heavy (non-hydrogen) atoms. The van der Waals surface area contributed by atoms with Gasteiger partial charge in [-0.15, -0.1) is 10.2 Å². The fourth-order valence-corrected chi connectivity index (χ4v) is 3.81. The van der Waals surface area contributed by atoms with Gasteiger partial charge in [-0.05, 0) is 30.3 Å². The molecule has 150 valence electrons. The number of amides is 1. The number of nitrogens with one attached hydrogen (secondary N) is 2. The molecule has 0 aliphatic carbocycles. The Balaban J connectivity index is 1.41. The maximum Gasteiger partial charge on any atom is 0.239 e. The molecule has 1 aromatic carbocycles. The number of benzene rings is 1. The summed E-state index contributed by atoms with van der Waals surface area (Å²) in [4.78, 5) is 12.4. The standard InChI is InChI=1S/C19H20N6O3S/c1-29(27,28)23-15-5-4-6-16-14(15)9-12-24(16)13-19(26)20-10-8-18-22-21-17-7-2-3-11-25(17)18/h2-7,9,11-12,23H,8,10,13H2,1H3,(H,20,26). The Kier molecular flexibility index (Phi) is 4.93. The predicted octanol–water partition coefficient (Wildman–Crippen LogP) is 1.41. The van der Waals surface area contributed by atoms with E-state index in [1.807, 2.05) is 34.9 Å². The van der Waals surface area contributed by atoms with Gasteiger partial charge in [-0.1, -0.05) is 12.1 Å². The largest absolute Gasteiger partial charge is 0.354 e. The zero-order valence-electron chi connectivity index (χ0n) is 15.7. The van der Waals surface area contributed by atoms with Gasteiger partial charge in [0.15, 0.2) is 5.65 Å². The Labute approximate surface area is 167 Å². The van der Waals surface area contributed by atoms with Crippen molar-refractivity contribution in [3.63, 3.8) is 0 Å². The Hall–Kier alpha value is -3.40. The lowest BCUT2D eigenvalue weighted by Crippen LogP contribution is -2.29. The molecular formula is C19H20N6O3S. The number of pyridine rings is 1. The average molecular weight is 412 g/mol. The molecule has 0 bridgehead atoms. The van der Waals surface area contributed by atoms with Crippen molar-refractivity contribution in [2.24, 2.45) is 0 Å². The van der Waals surface area contributed by atoms with Gasteiger partial charge in [0.2, 0.25) is 15.9 Å². The van der Waals surface area contributed by atoms with Gasteiger partial charge in [0.05, 0.1) is 17.5 Å². The van der Waals surface area contributed by atoms with Crippen LogP contribution in [0.5, 0.6) is 0 Å². The molecule has 3 aromatic heterocycles. The van der Waals surface area contributed by atoms with Crippen molar-refractivity contribution in [3.8, 4) is 0 Å². The number of aromatic nitrogens is 4. The van der Waals surface area contributed by atoms with Crippen LogP contribution in [0.25, 0.3) is 16.6 Å². The fraction of sp³-hybridized carbons (Fsp3) is 0.211. The van der Waals surface area contributed by atoms with E-state index in [1.165, 1.54) is 0 Å². The number of anilines is 1. The molecule has 9 nitrogen and oxygen atoms in total. The van der Waals surface area contributed by atoms with E-state index >= 15 is 0 Å². The van der Waals surface area contributed by atoms with Gasteiger partial charge < -0.3 is 9.88 Å². The summed E-state index contributed by atoms with van der Waals surface area (Å²) in [5.74, 6) is 0.640. The van der Waals surface area contributed by atoms with Crippen molar-refractivity contribution in [1.82, 2.24) is 24.5 Å². The zero-order valence-corrected chi connectivity index (χ0v) is 16.6. The van der Waals surface area contributed by atoms with Crippen LogP contribution in [0.1, 0.15) is 5.82 Å². The number of carbonyl (C=O) groups is 1. The SMILES string of the molecule is CS(=O)(=O)Nc1cccc2c1ccn2CC(=O)NCCc1nnc2ccccn12. The first-order chi connectivity index (χ1) is 13.9. The minimum atomic E-state index is -3.38. The molecule has 0 saturated carbocycles. The van der Waals surface area contributed by atoms with Gasteiger partial charge in [-0.3, -0.25) is 13.9 Å². The van der Waals surface area contributed by atoms with Crippen LogP contribution in [0.4, 0.5) is 5.69 Å². The third-order valence-electron chi connectivity index (χ3n) is 4.48. The maximum atomic E-state index is 12.4. The number of rotatable bonds is 7. The highest BCUT2D eigenvalue weighted by Gasteiger charge is 2.11. The van der Waals surface area contributed by atoms with Crippen LogP contribution in [0.2, 0.25) is 0 Å². The highest BCUT2D eigenvalue weighted by atomic mass is 32.2. The van der Waals surface area contributed by atoms with Crippen molar-refractivity contribution >= 4 is 38.2 Å². The van der Waals surface area contributed by atoms with E-state index in [1.54, 1.807) is 29.0 Å².